The molecule has 3 nitrogen and oxygen atoms in total. The molecule has 2 rings (SSSR count). The van der Waals surface area contributed by atoms with Crippen molar-refractivity contribution in [3.8, 4) is 16.9 Å². The highest BCUT2D eigenvalue weighted by Gasteiger charge is 2.12. The molecule has 0 heterocycles. The number of ether oxygens (including phenoxy) is 1. The number of rotatable bonds is 4. The predicted octanol–water partition coefficient (Wildman–Crippen LogP) is 3.59. The van der Waals surface area contributed by atoms with Crippen LogP contribution in [0.2, 0.25) is 0 Å². The van der Waals surface area contributed by atoms with Crippen molar-refractivity contribution in [2.45, 2.75) is 6.92 Å². The lowest BCUT2D eigenvalue weighted by Gasteiger charge is -2.09. The summed E-state index contributed by atoms with van der Waals surface area (Å²) in [5.74, 6) is -1.03. The number of carboxylic acids is 1. The number of hydrogen-bond donors (Lipinski definition) is 1. The molecule has 0 unspecified atom stereocenters. The molecule has 1 N–H and O–H groups in total. The molecule has 0 atom stereocenters. The molecule has 0 aliphatic rings. The number of carbonyl (C=O) groups is 1. The van der Waals surface area contributed by atoms with Crippen molar-refractivity contribution in [3.63, 3.8) is 0 Å². The first kappa shape index (κ1) is 13.1. The van der Waals surface area contributed by atoms with Crippen molar-refractivity contribution >= 4 is 5.97 Å². The zero-order chi connectivity index (χ0) is 13.8. The van der Waals surface area contributed by atoms with Crippen molar-refractivity contribution < 1.29 is 19.0 Å². The van der Waals surface area contributed by atoms with Gasteiger partial charge in [-0.3, -0.25) is 0 Å². The summed E-state index contributed by atoms with van der Waals surface area (Å²) in [7, 11) is 0. The van der Waals surface area contributed by atoms with Crippen LogP contribution >= 0.6 is 0 Å². The molecule has 98 valence electrons. The molecule has 0 aliphatic heterocycles. The van der Waals surface area contributed by atoms with Crippen LogP contribution in [0.4, 0.5) is 4.39 Å². The molecule has 0 saturated heterocycles. The largest absolute Gasteiger partial charge is 0.493 e. The molecule has 2 aromatic carbocycles. The summed E-state index contributed by atoms with van der Waals surface area (Å²) in [5.41, 5.74) is 1.71. The second-order valence-electron chi connectivity index (χ2n) is 3.96. The number of aromatic carboxylic acids is 1. The molecule has 0 fully saturated rings. The van der Waals surface area contributed by atoms with Gasteiger partial charge in [-0.25, -0.2) is 9.18 Å². The molecule has 0 bridgehead atoms. The predicted molar refractivity (Wildman–Crippen MR) is 70.0 cm³/mol. The van der Waals surface area contributed by atoms with Gasteiger partial charge in [0.2, 0.25) is 0 Å². The molecule has 0 saturated carbocycles. The molecule has 0 aliphatic carbocycles. The van der Waals surface area contributed by atoms with Gasteiger partial charge >= 0.3 is 5.97 Å². The maximum Gasteiger partial charge on any atom is 0.339 e. The summed E-state index contributed by atoms with van der Waals surface area (Å²) in [5, 5.41) is 9.06. The molecule has 0 radical (unpaired) electrons. The summed E-state index contributed by atoms with van der Waals surface area (Å²) < 4.78 is 18.2. The summed E-state index contributed by atoms with van der Waals surface area (Å²) in [6, 6.07) is 10.8. The van der Waals surface area contributed by atoms with E-state index in [0.29, 0.717) is 12.4 Å². The summed E-state index contributed by atoms with van der Waals surface area (Å²) in [6.07, 6.45) is 0. The van der Waals surface area contributed by atoms with E-state index >= 15 is 0 Å². The van der Waals surface area contributed by atoms with Gasteiger partial charge in [0.25, 0.3) is 0 Å². The minimum absolute atomic E-state index is 0.118. The van der Waals surface area contributed by atoms with Crippen LogP contribution in [-0.2, 0) is 0 Å². The number of carboxylic acid groups (broad SMARTS) is 1. The average molecular weight is 260 g/mol. The first-order chi connectivity index (χ1) is 9.11. The Bertz CT molecular complexity index is 591. The van der Waals surface area contributed by atoms with E-state index in [1.54, 1.807) is 31.2 Å². The second-order valence-corrected chi connectivity index (χ2v) is 3.96. The van der Waals surface area contributed by atoms with Crippen molar-refractivity contribution in [1.29, 1.82) is 0 Å². The fourth-order valence-corrected chi connectivity index (χ4v) is 1.80. The van der Waals surface area contributed by atoms with Crippen LogP contribution in [0.15, 0.2) is 42.5 Å². The topological polar surface area (TPSA) is 46.5 Å². The van der Waals surface area contributed by atoms with Gasteiger partial charge in [0, 0.05) is 0 Å². The molecule has 2 aromatic rings. The Morgan fingerprint density at radius 3 is 2.37 bits per heavy atom. The minimum atomic E-state index is -1.03. The standard InChI is InChI=1S/C15H13FO3/c1-2-19-14-9-11(5-8-13(14)15(17)18)10-3-6-12(16)7-4-10/h3-9H,2H2,1H3,(H,17,18). The number of benzene rings is 2. The van der Waals surface area contributed by atoms with Crippen LogP contribution in [-0.4, -0.2) is 17.7 Å². The molecule has 0 spiro atoms. The van der Waals surface area contributed by atoms with Gasteiger partial charge in [0.15, 0.2) is 0 Å². The maximum atomic E-state index is 12.9. The fourth-order valence-electron chi connectivity index (χ4n) is 1.80. The van der Waals surface area contributed by atoms with Crippen molar-refractivity contribution in [3.05, 3.63) is 53.8 Å². The lowest BCUT2D eigenvalue weighted by molar-refractivity contribution is 0.0692. The first-order valence-corrected chi connectivity index (χ1v) is 5.88. The first-order valence-electron chi connectivity index (χ1n) is 5.88. The average Bonchev–Trinajstić information content (AvgIpc) is 2.39. The van der Waals surface area contributed by atoms with Crippen LogP contribution in [0.3, 0.4) is 0 Å². The Morgan fingerprint density at radius 1 is 1.16 bits per heavy atom. The van der Waals surface area contributed by atoms with Gasteiger partial charge in [-0.05, 0) is 42.3 Å². The molecule has 0 amide bonds. The second kappa shape index (κ2) is 5.52. The lowest BCUT2D eigenvalue weighted by Crippen LogP contribution is -2.02. The van der Waals surface area contributed by atoms with Gasteiger partial charge in [-0.15, -0.1) is 0 Å². The van der Waals surface area contributed by atoms with E-state index in [-0.39, 0.29) is 11.4 Å². The van der Waals surface area contributed by atoms with E-state index in [1.807, 2.05) is 0 Å². The van der Waals surface area contributed by atoms with Crippen LogP contribution in [0.5, 0.6) is 5.75 Å². The maximum absolute atomic E-state index is 12.9. The van der Waals surface area contributed by atoms with Crippen LogP contribution in [0.1, 0.15) is 17.3 Å². The Hall–Kier alpha value is -2.36. The smallest absolute Gasteiger partial charge is 0.339 e. The monoisotopic (exact) mass is 260 g/mol. The molecular weight excluding hydrogens is 247 g/mol. The zero-order valence-electron chi connectivity index (χ0n) is 10.4. The van der Waals surface area contributed by atoms with Crippen molar-refractivity contribution in [1.82, 2.24) is 0 Å². The Kier molecular flexibility index (Phi) is 3.80. The van der Waals surface area contributed by atoms with Gasteiger partial charge in [-0.1, -0.05) is 18.2 Å². The number of hydrogen-bond acceptors (Lipinski definition) is 2. The fraction of sp³-hybridized carbons (Fsp3) is 0.133. The lowest BCUT2D eigenvalue weighted by atomic mass is 10.0. The molecule has 4 heteroatoms. The highest BCUT2D eigenvalue weighted by atomic mass is 19.1. The molecular formula is C15H13FO3. The van der Waals surface area contributed by atoms with E-state index in [1.165, 1.54) is 18.2 Å². The van der Waals surface area contributed by atoms with Gasteiger partial charge in [-0.2, -0.15) is 0 Å². The van der Waals surface area contributed by atoms with E-state index in [9.17, 15) is 9.18 Å². The van der Waals surface area contributed by atoms with Crippen LogP contribution in [0, 0.1) is 5.82 Å². The van der Waals surface area contributed by atoms with Gasteiger partial charge < -0.3 is 9.84 Å². The van der Waals surface area contributed by atoms with E-state index in [0.717, 1.165) is 11.1 Å². The van der Waals surface area contributed by atoms with Crippen molar-refractivity contribution in [2.75, 3.05) is 6.61 Å². The molecule has 19 heavy (non-hydrogen) atoms. The van der Waals surface area contributed by atoms with E-state index in [2.05, 4.69) is 0 Å². The zero-order valence-corrected chi connectivity index (χ0v) is 10.4. The quantitative estimate of drug-likeness (QED) is 0.913. The summed E-state index contributed by atoms with van der Waals surface area (Å²) in [4.78, 5) is 11.1. The van der Waals surface area contributed by atoms with E-state index < -0.39 is 5.97 Å². The normalized spacial score (nSPS) is 10.2. The van der Waals surface area contributed by atoms with Gasteiger partial charge in [0.1, 0.15) is 17.1 Å². The van der Waals surface area contributed by atoms with Crippen LogP contribution in [0.25, 0.3) is 11.1 Å². The molecule has 0 aromatic heterocycles. The Balaban J connectivity index is 2.45. The van der Waals surface area contributed by atoms with Gasteiger partial charge in [0.05, 0.1) is 6.61 Å². The Labute approximate surface area is 110 Å². The summed E-state index contributed by atoms with van der Waals surface area (Å²) >= 11 is 0. The van der Waals surface area contributed by atoms with Crippen LogP contribution < -0.4 is 4.74 Å². The number of halogens is 1. The third-order valence-electron chi connectivity index (χ3n) is 2.69. The Morgan fingerprint density at radius 2 is 1.79 bits per heavy atom. The van der Waals surface area contributed by atoms with Crippen molar-refractivity contribution in [2.24, 2.45) is 0 Å². The third-order valence-corrected chi connectivity index (χ3v) is 2.69. The highest BCUT2D eigenvalue weighted by Crippen LogP contribution is 2.27. The highest BCUT2D eigenvalue weighted by molar-refractivity contribution is 5.92. The SMILES string of the molecule is CCOc1cc(-c2ccc(F)cc2)ccc1C(=O)O. The third kappa shape index (κ3) is 2.91. The summed E-state index contributed by atoms with van der Waals surface area (Å²) in [6.45, 7) is 2.17. The van der Waals surface area contributed by atoms with E-state index in [4.69, 9.17) is 9.84 Å². The minimum Gasteiger partial charge on any atom is -0.493 e.